The van der Waals surface area contributed by atoms with Gasteiger partial charge in [-0.05, 0) is 30.5 Å². The van der Waals surface area contributed by atoms with E-state index in [1.807, 2.05) is 0 Å². The first kappa shape index (κ1) is 10.8. The summed E-state index contributed by atoms with van der Waals surface area (Å²) in [5.41, 5.74) is -0.145. The van der Waals surface area contributed by atoms with Crippen LogP contribution in [0.4, 0.5) is 0 Å². The van der Waals surface area contributed by atoms with Crippen LogP contribution in [-0.4, -0.2) is 23.3 Å². The maximum Gasteiger partial charge on any atom is 0.314 e. The third kappa shape index (κ3) is 1.41. The molecule has 0 saturated heterocycles. The second-order valence-electron chi connectivity index (χ2n) is 4.13. The van der Waals surface area contributed by atoms with E-state index in [1.165, 1.54) is 13.2 Å². The average molecular weight is 222 g/mol. The Kier molecular flexibility index (Phi) is 2.50. The number of rotatable bonds is 3. The molecule has 86 valence electrons. The lowest BCUT2D eigenvalue weighted by Gasteiger charge is -2.38. The maximum atomic E-state index is 11.3. The highest BCUT2D eigenvalue weighted by atomic mass is 16.5. The molecule has 0 atom stereocenters. The molecule has 1 aromatic rings. The second kappa shape index (κ2) is 3.70. The molecule has 1 fully saturated rings. The molecule has 16 heavy (non-hydrogen) atoms. The highest BCUT2D eigenvalue weighted by Crippen LogP contribution is 2.45. The lowest BCUT2D eigenvalue weighted by Crippen LogP contribution is -2.42. The summed E-state index contributed by atoms with van der Waals surface area (Å²) in [6, 6.07) is 4.81. The van der Waals surface area contributed by atoms with Gasteiger partial charge in [-0.15, -0.1) is 0 Å². The molecule has 0 radical (unpaired) electrons. The van der Waals surface area contributed by atoms with E-state index in [1.54, 1.807) is 12.1 Å². The van der Waals surface area contributed by atoms with E-state index in [-0.39, 0.29) is 5.75 Å². The van der Waals surface area contributed by atoms with Crippen molar-refractivity contribution < 1.29 is 19.7 Å². The summed E-state index contributed by atoms with van der Waals surface area (Å²) in [5, 5.41) is 18.9. The van der Waals surface area contributed by atoms with Gasteiger partial charge in [-0.2, -0.15) is 0 Å². The van der Waals surface area contributed by atoms with Crippen LogP contribution < -0.4 is 4.74 Å². The molecule has 0 aromatic heterocycles. The molecule has 1 saturated carbocycles. The van der Waals surface area contributed by atoms with Crippen LogP contribution in [0, 0.1) is 0 Å². The minimum Gasteiger partial charge on any atom is -0.504 e. The third-order valence-corrected chi connectivity index (χ3v) is 3.35. The van der Waals surface area contributed by atoms with Gasteiger partial charge >= 0.3 is 5.97 Å². The zero-order valence-electron chi connectivity index (χ0n) is 9.06. The van der Waals surface area contributed by atoms with Crippen LogP contribution in [0.25, 0.3) is 0 Å². The van der Waals surface area contributed by atoms with Gasteiger partial charge in [0.05, 0.1) is 12.5 Å². The topological polar surface area (TPSA) is 66.8 Å². The van der Waals surface area contributed by atoms with Crippen LogP contribution in [0.15, 0.2) is 18.2 Å². The van der Waals surface area contributed by atoms with Crippen LogP contribution in [0.1, 0.15) is 24.8 Å². The van der Waals surface area contributed by atoms with E-state index in [4.69, 9.17) is 4.74 Å². The van der Waals surface area contributed by atoms with Gasteiger partial charge in [0.25, 0.3) is 0 Å². The Morgan fingerprint density at radius 2 is 2.12 bits per heavy atom. The molecule has 1 aromatic carbocycles. The highest BCUT2D eigenvalue weighted by Gasteiger charge is 2.46. The summed E-state index contributed by atoms with van der Waals surface area (Å²) in [6.45, 7) is 0. The molecule has 2 N–H and O–H groups in total. The molecule has 4 heteroatoms. The predicted molar refractivity (Wildman–Crippen MR) is 57.8 cm³/mol. The van der Waals surface area contributed by atoms with Gasteiger partial charge in [-0.1, -0.05) is 12.5 Å². The van der Waals surface area contributed by atoms with Gasteiger partial charge in [0.2, 0.25) is 0 Å². The first-order valence-corrected chi connectivity index (χ1v) is 5.21. The van der Waals surface area contributed by atoms with E-state index in [0.717, 1.165) is 6.42 Å². The largest absolute Gasteiger partial charge is 0.504 e. The third-order valence-electron chi connectivity index (χ3n) is 3.35. The Bertz CT molecular complexity index is 421. The first-order chi connectivity index (χ1) is 7.60. The molecule has 0 amide bonds. The molecule has 2 rings (SSSR count). The number of hydrogen-bond donors (Lipinski definition) is 2. The van der Waals surface area contributed by atoms with E-state index in [9.17, 15) is 15.0 Å². The summed E-state index contributed by atoms with van der Waals surface area (Å²) in [5.74, 6) is -0.459. The predicted octanol–water partition coefficient (Wildman–Crippen LogP) is 1.91. The highest BCUT2D eigenvalue weighted by molar-refractivity contribution is 5.82. The van der Waals surface area contributed by atoms with Gasteiger partial charge in [0.1, 0.15) is 0 Å². The fourth-order valence-electron chi connectivity index (χ4n) is 2.14. The Morgan fingerprint density at radius 1 is 1.44 bits per heavy atom. The number of aromatic hydroxyl groups is 1. The van der Waals surface area contributed by atoms with Crippen molar-refractivity contribution in [1.82, 2.24) is 0 Å². The van der Waals surface area contributed by atoms with Gasteiger partial charge in [-0.25, -0.2) is 0 Å². The van der Waals surface area contributed by atoms with E-state index in [2.05, 4.69) is 0 Å². The first-order valence-electron chi connectivity index (χ1n) is 5.21. The molecule has 0 bridgehead atoms. The number of aliphatic carboxylic acids is 1. The summed E-state index contributed by atoms with van der Waals surface area (Å²) in [4.78, 5) is 11.3. The van der Waals surface area contributed by atoms with Crippen LogP contribution >= 0.6 is 0 Å². The van der Waals surface area contributed by atoms with Gasteiger partial charge in [0, 0.05) is 0 Å². The maximum absolute atomic E-state index is 11.3. The summed E-state index contributed by atoms with van der Waals surface area (Å²) >= 11 is 0. The Labute approximate surface area is 93.5 Å². The van der Waals surface area contributed by atoms with Crippen molar-refractivity contribution in [3.63, 3.8) is 0 Å². The second-order valence-corrected chi connectivity index (χ2v) is 4.13. The number of phenolic OH excluding ortho intramolecular Hbond substituents is 1. The molecule has 0 heterocycles. The van der Waals surface area contributed by atoms with Crippen molar-refractivity contribution in [2.24, 2.45) is 0 Å². The number of carboxylic acid groups (broad SMARTS) is 1. The van der Waals surface area contributed by atoms with Crippen molar-refractivity contribution in [2.45, 2.75) is 24.7 Å². The van der Waals surface area contributed by atoms with Crippen LogP contribution in [0.3, 0.4) is 0 Å². The normalized spacial score (nSPS) is 17.6. The number of hydrogen-bond acceptors (Lipinski definition) is 3. The summed E-state index contributed by atoms with van der Waals surface area (Å²) < 4.78 is 4.93. The summed E-state index contributed by atoms with van der Waals surface area (Å²) in [7, 11) is 1.46. The monoisotopic (exact) mass is 222 g/mol. The standard InChI is InChI=1S/C12H14O4/c1-16-10-4-3-8(7-9(10)13)12(11(14)15)5-2-6-12/h3-4,7,13H,2,5-6H2,1H3,(H,14,15). The van der Waals surface area contributed by atoms with Crippen LogP contribution in [-0.2, 0) is 10.2 Å². The van der Waals surface area contributed by atoms with Crippen molar-refractivity contribution in [3.05, 3.63) is 23.8 Å². The Morgan fingerprint density at radius 3 is 2.50 bits per heavy atom. The minimum atomic E-state index is -0.816. The molecule has 4 nitrogen and oxygen atoms in total. The zero-order valence-corrected chi connectivity index (χ0v) is 9.06. The number of carboxylic acids is 1. The molecule has 1 aliphatic rings. The molecule has 0 aliphatic heterocycles. The molecule has 0 spiro atoms. The molecule has 0 unspecified atom stereocenters. The smallest absolute Gasteiger partial charge is 0.314 e. The Hall–Kier alpha value is -1.71. The van der Waals surface area contributed by atoms with E-state index < -0.39 is 11.4 Å². The van der Waals surface area contributed by atoms with Gasteiger partial charge in [-0.3, -0.25) is 4.79 Å². The van der Waals surface area contributed by atoms with Crippen molar-refractivity contribution >= 4 is 5.97 Å². The van der Waals surface area contributed by atoms with E-state index in [0.29, 0.717) is 24.2 Å². The molecular formula is C12H14O4. The molecular weight excluding hydrogens is 208 g/mol. The van der Waals surface area contributed by atoms with Crippen LogP contribution in [0.5, 0.6) is 11.5 Å². The minimum absolute atomic E-state index is 0.00692. The van der Waals surface area contributed by atoms with Gasteiger partial charge < -0.3 is 14.9 Å². The average Bonchev–Trinajstić information content (AvgIpc) is 2.15. The van der Waals surface area contributed by atoms with Crippen molar-refractivity contribution in [3.8, 4) is 11.5 Å². The number of phenols is 1. The van der Waals surface area contributed by atoms with Gasteiger partial charge in [0.15, 0.2) is 11.5 Å². The molecule has 1 aliphatic carbocycles. The number of carbonyl (C=O) groups is 1. The number of benzene rings is 1. The number of methoxy groups -OCH3 is 1. The number of ether oxygens (including phenoxy) is 1. The lowest BCUT2D eigenvalue weighted by molar-refractivity contribution is -0.147. The summed E-state index contributed by atoms with van der Waals surface area (Å²) in [6.07, 6.45) is 2.18. The van der Waals surface area contributed by atoms with Crippen molar-refractivity contribution in [1.29, 1.82) is 0 Å². The Balaban J connectivity index is 2.40. The zero-order chi connectivity index (χ0) is 11.8. The lowest BCUT2D eigenvalue weighted by atomic mass is 9.64. The SMILES string of the molecule is COc1ccc(C2(C(=O)O)CCC2)cc1O. The fourth-order valence-corrected chi connectivity index (χ4v) is 2.14. The van der Waals surface area contributed by atoms with E-state index >= 15 is 0 Å². The van der Waals surface area contributed by atoms with Crippen LogP contribution in [0.2, 0.25) is 0 Å². The van der Waals surface area contributed by atoms with Crippen molar-refractivity contribution in [2.75, 3.05) is 7.11 Å². The quantitative estimate of drug-likeness (QED) is 0.819. The fraction of sp³-hybridized carbons (Fsp3) is 0.417.